The number of nitrogens with zero attached hydrogens (tertiary/aromatic N) is 1. The lowest BCUT2D eigenvalue weighted by Gasteiger charge is -2.32. The van der Waals surface area contributed by atoms with E-state index >= 15 is 0 Å². The molecule has 0 bridgehead atoms. The maximum atomic E-state index is 11.5. The van der Waals surface area contributed by atoms with Gasteiger partial charge in [0.25, 0.3) is 0 Å². The first-order valence-corrected chi connectivity index (χ1v) is 6.97. The van der Waals surface area contributed by atoms with Crippen molar-refractivity contribution in [2.24, 2.45) is 0 Å². The first kappa shape index (κ1) is 14.8. The number of rotatable bonds is 6. The second kappa shape index (κ2) is 7.26. The quantitative estimate of drug-likeness (QED) is 0.853. The van der Waals surface area contributed by atoms with Crippen molar-refractivity contribution in [2.75, 3.05) is 32.9 Å². The number of carbonyl (C=O) groups is 1. The highest BCUT2D eigenvalue weighted by atomic mass is 16.5. The number of para-hydroxylation sites is 1. The van der Waals surface area contributed by atoms with Crippen molar-refractivity contribution in [3.05, 3.63) is 29.8 Å². The molecule has 0 aromatic heterocycles. The Hall–Kier alpha value is -1.59. The van der Waals surface area contributed by atoms with E-state index in [2.05, 4.69) is 0 Å². The van der Waals surface area contributed by atoms with Crippen LogP contribution in [0.5, 0.6) is 5.75 Å². The van der Waals surface area contributed by atoms with Crippen LogP contribution < -0.4 is 4.74 Å². The minimum absolute atomic E-state index is 0.450. The molecule has 1 unspecified atom stereocenters. The molecule has 0 saturated carbocycles. The van der Waals surface area contributed by atoms with Gasteiger partial charge in [-0.15, -0.1) is 0 Å². The second-order valence-electron chi connectivity index (χ2n) is 4.75. The Labute approximate surface area is 119 Å². The van der Waals surface area contributed by atoms with E-state index < -0.39 is 12.0 Å². The molecule has 1 aliphatic rings. The molecule has 0 amide bonds. The van der Waals surface area contributed by atoms with E-state index in [9.17, 15) is 9.90 Å². The zero-order valence-electron chi connectivity index (χ0n) is 11.7. The lowest BCUT2D eigenvalue weighted by molar-refractivity contribution is -0.145. The molecule has 0 spiro atoms. The summed E-state index contributed by atoms with van der Waals surface area (Å²) in [5.74, 6) is -0.0206. The summed E-state index contributed by atoms with van der Waals surface area (Å²) in [7, 11) is 0. The van der Waals surface area contributed by atoms with Gasteiger partial charge in [0, 0.05) is 19.5 Å². The van der Waals surface area contributed by atoms with E-state index in [0.29, 0.717) is 39.3 Å². The molecule has 0 aliphatic carbocycles. The highest BCUT2D eigenvalue weighted by molar-refractivity contribution is 5.74. The van der Waals surface area contributed by atoms with Crippen LogP contribution in [0.2, 0.25) is 0 Å². The van der Waals surface area contributed by atoms with E-state index in [1.54, 1.807) is 0 Å². The molecule has 1 N–H and O–H groups in total. The molecule has 110 valence electrons. The Kier molecular flexibility index (Phi) is 5.38. The number of benzene rings is 1. The molecule has 5 heteroatoms. The molecule has 1 aromatic carbocycles. The van der Waals surface area contributed by atoms with Gasteiger partial charge in [-0.05, 0) is 18.6 Å². The van der Waals surface area contributed by atoms with E-state index in [1.807, 2.05) is 36.1 Å². The summed E-state index contributed by atoms with van der Waals surface area (Å²) in [4.78, 5) is 13.5. The van der Waals surface area contributed by atoms with Gasteiger partial charge in [0.05, 0.1) is 19.8 Å². The van der Waals surface area contributed by atoms with E-state index in [4.69, 9.17) is 9.47 Å². The summed E-state index contributed by atoms with van der Waals surface area (Å²) >= 11 is 0. The first-order valence-electron chi connectivity index (χ1n) is 6.97. The summed E-state index contributed by atoms with van der Waals surface area (Å²) in [5.41, 5.74) is 0.938. The summed E-state index contributed by atoms with van der Waals surface area (Å²) in [6.45, 7) is 5.01. The van der Waals surface area contributed by atoms with Crippen LogP contribution in [0.4, 0.5) is 0 Å². The van der Waals surface area contributed by atoms with Crippen LogP contribution in [0.25, 0.3) is 0 Å². The van der Waals surface area contributed by atoms with Gasteiger partial charge >= 0.3 is 5.97 Å². The predicted octanol–water partition coefficient (Wildman–Crippen LogP) is 1.41. The van der Waals surface area contributed by atoms with Gasteiger partial charge in [-0.25, -0.2) is 0 Å². The Balaban J connectivity index is 2.13. The van der Waals surface area contributed by atoms with Gasteiger partial charge in [-0.3, -0.25) is 9.69 Å². The van der Waals surface area contributed by atoms with Gasteiger partial charge in [0.15, 0.2) is 0 Å². The highest BCUT2D eigenvalue weighted by Gasteiger charge is 2.28. The van der Waals surface area contributed by atoms with Gasteiger partial charge < -0.3 is 14.6 Å². The fourth-order valence-electron chi connectivity index (χ4n) is 2.44. The van der Waals surface area contributed by atoms with Crippen LogP contribution in [0.3, 0.4) is 0 Å². The maximum Gasteiger partial charge on any atom is 0.321 e. The molecular weight excluding hydrogens is 258 g/mol. The van der Waals surface area contributed by atoms with Crippen LogP contribution in [0, 0.1) is 0 Å². The molecule has 1 fully saturated rings. The number of hydrogen-bond acceptors (Lipinski definition) is 4. The van der Waals surface area contributed by atoms with Crippen LogP contribution in [0.1, 0.15) is 12.5 Å². The molecule has 1 saturated heterocycles. The average Bonchev–Trinajstić information content (AvgIpc) is 2.47. The van der Waals surface area contributed by atoms with E-state index in [-0.39, 0.29) is 0 Å². The van der Waals surface area contributed by atoms with Crippen molar-refractivity contribution in [3.8, 4) is 5.75 Å². The molecule has 1 heterocycles. The van der Waals surface area contributed by atoms with Crippen molar-refractivity contribution >= 4 is 5.97 Å². The number of carboxylic acids is 1. The standard InChI is InChI=1S/C15H21NO4/c1-2-20-14-6-4-3-5-12(14)11-13(15(17)18)16-7-9-19-10-8-16/h3-6,13H,2,7-11H2,1H3,(H,17,18). The maximum absolute atomic E-state index is 11.5. The van der Waals surface area contributed by atoms with Crippen LogP contribution in [-0.2, 0) is 16.0 Å². The number of morpholine rings is 1. The van der Waals surface area contributed by atoms with Crippen LogP contribution in [0.15, 0.2) is 24.3 Å². The van der Waals surface area contributed by atoms with Crippen LogP contribution >= 0.6 is 0 Å². The minimum Gasteiger partial charge on any atom is -0.494 e. The molecule has 0 radical (unpaired) electrons. The van der Waals surface area contributed by atoms with Crippen molar-refractivity contribution in [2.45, 2.75) is 19.4 Å². The van der Waals surface area contributed by atoms with Crippen molar-refractivity contribution in [1.82, 2.24) is 4.90 Å². The monoisotopic (exact) mass is 279 g/mol. The van der Waals surface area contributed by atoms with Gasteiger partial charge in [-0.1, -0.05) is 18.2 Å². The Bertz CT molecular complexity index is 443. The summed E-state index contributed by atoms with van der Waals surface area (Å²) in [5, 5.41) is 9.48. The summed E-state index contributed by atoms with van der Waals surface area (Å²) < 4.78 is 10.9. The number of ether oxygens (including phenoxy) is 2. The summed E-state index contributed by atoms with van der Waals surface area (Å²) in [6.07, 6.45) is 0.450. The number of hydrogen-bond donors (Lipinski definition) is 1. The first-order chi connectivity index (χ1) is 9.72. The third kappa shape index (κ3) is 3.71. The Morgan fingerprint density at radius 1 is 1.40 bits per heavy atom. The molecule has 2 rings (SSSR count). The van der Waals surface area contributed by atoms with Gasteiger partial charge in [0.2, 0.25) is 0 Å². The topological polar surface area (TPSA) is 59.0 Å². The molecular formula is C15H21NO4. The van der Waals surface area contributed by atoms with Crippen LogP contribution in [-0.4, -0.2) is 54.9 Å². The third-order valence-corrected chi connectivity index (χ3v) is 3.46. The normalized spacial score (nSPS) is 17.6. The molecule has 1 aromatic rings. The fraction of sp³-hybridized carbons (Fsp3) is 0.533. The average molecular weight is 279 g/mol. The zero-order valence-corrected chi connectivity index (χ0v) is 11.7. The van der Waals surface area contributed by atoms with Crippen molar-refractivity contribution < 1.29 is 19.4 Å². The van der Waals surface area contributed by atoms with Crippen molar-refractivity contribution in [1.29, 1.82) is 0 Å². The van der Waals surface area contributed by atoms with E-state index in [1.165, 1.54) is 0 Å². The van der Waals surface area contributed by atoms with E-state index in [0.717, 1.165) is 11.3 Å². The molecule has 1 aliphatic heterocycles. The molecule has 5 nitrogen and oxygen atoms in total. The lowest BCUT2D eigenvalue weighted by Crippen LogP contribution is -2.48. The highest BCUT2D eigenvalue weighted by Crippen LogP contribution is 2.21. The Morgan fingerprint density at radius 2 is 2.10 bits per heavy atom. The number of aliphatic carboxylic acids is 1. The Morgan fingerprint density at radius 3 is 2.75 bits per heavy atom. The second-order valence-corrected chi connectivity index (χ2v) is 4.75. The summed E-state index contributed by atoms with van der Waals surface area (Å²) in [6, 6.07) is 7.11. The van der Waals surface area contributed by atoms with Gasteiger partial charge in [0.1, 0.15) is 11.8 Å². The fourth-order valence-corrected chi connectivity index (χ4v) is 2.44. The SMILES string of the molecule is CCOc1ccccc1CC(C(=O)O)N1CCOCC1. The van der Waals surface area contributed by atoms with Crippen molar-refractivity contribution in [3.63, 3.8) is 0 Å². The lowest BCUT2D eigenvalue weighted by atomic mass is 10.0. The molecule has 20 heavy (non-hydrogen) atoms. The smallest absolute Gasteiger partial charge is 0.321 e. The largest absolute Gasteiger partial charge is 0.494 e. The molecule has 1 atom stereocenters. The van der Waals surface area contributed by atoms with Gasteiger partial charge in [-0.2, -0.15) is 0 Å². The number of carboxylic acid groups (broad SMARTS) is 1. The predicted molar refractivity (Wildman–Crippen MR) is 75.1 cm³/mol. The zero-order chi connectivity index (χ0) is 14.4. The minimum atomic E-state index is -0.793. The third-order valence-electron chi connectivity index (χ3n) is 3.46.